The number of ketones is 1. The van der Waals surface area contributed by atoms with Crippen LogP contribution in [0.25, 0.3) is 0 Å². The molecule has 61 heavy (non-hydrogen) atoms. The van der Waals surface area contributed by atoms with Gasteiger partial charge in [0.15, 0.2) is 5.78 Å². The van der Waals surface area contributed by atoms with Crippen LogP contribution < -0.4 is 37.6 Å². The molecule has 11 N–H and O–H groups in total. The SMILES string of the molecule is CC(=O)C(NC(=O)C(CCCCN)NC(=O)[C@@H](CC1CCNc2ccccc21)NC(=O)C(Cc1ccccc1)NC(=O)CCSSC[C@H](C)C(=O)NC(CO)C(C)O)C(C)O. The van der Waals surface area contributed by atoms with E-state index in [1.54, 1.807) is 6.92 Å². The number of nitrogens with one attached hydrogen (secondary N) is 6. The molecule has 7 unspecified atom stereocenters. The average molecular weight is 888 g/mol. The van der Waals surface area contributed by atoms with Gasteiger partial charge in [0.2, 0.25) is 29.5 Å². The Morgan fingerprint density at radius 1 is 0.787 bits per heavy atom. The molecule has 5 amide bonds. The highest BCUT2D eigenvalue weighted by Crippen LogP contribution is 2.34. The molecule has 338 valence electrons. The molecule has 1 aliphatic rings. The zero-order chi connectivity index (χ0) is 44.9. The zero-order valence-electron chi connectivity index (χ0n) is 35.6. The number of benzene rings is 2. The molecule has 16 nitrogen and oxygen atoms in total. The van der Waals surface area contributed by atoms with Crippen molar-refractivity contribution in [2.75, 3.05) is 36.5 Å². The second kappa shape index (κ2) is 27.0. The summed E-state index contributed by atoms with van der Waals surface area (Å²) in [5.74, 6) is -2.76. The van der Waals surface area contributed by atoms with E-state index in [0.29, 0.717) is 43.9 Å². The maximum atomic E-state index is 14.4. The van der Waals surface area contributed by atoms with Gasteiger partial charge in [0.05, 0.1) is 24.9 Å². The maximum Gasteiger partial charge on any atom is 0.243 e. The number of carbonyl (C=O) groups excluding carboxylic acids is 6. The number of aliphatic hydroxyl groups is 3. The van der Waals surface area contributed by atoms with E-state index in [2.05, 4.69) is 31.9 Å². The summed E-state index contributed by atoms with van der Waals surface area (Å²) in [7, 11) is 2.80. The third kappa shape index (κ3) is 17.6. The van der Waals surface area contributed by atoms with Gasteiger partial charge in [-0.25, -0.2) is 0 Å². The first kappa shape index (κ1) is 51.2. The lowest BCUT2D eigenvalue weighted by atomic mass is 9.85. The van der Waals surface area contributed by atoms with E-state index in [9.17, 15) is 44.1 Å². The third-order valence-corrected chi connectivity index (χ3v) is 13.0. The van der Waals surface area contributed by atoms with Crippen molar-refractivity contribution in [2.24, 2.45) is 11.7 Å². The summed E-state index contributed by atoms with van der Waals surface area (Å²) in [4.78, 5) is 80.4. The molecule has 1 aliphatic heterocycles. The Labute approximate surface area is 366 Å². The summed E-state index contributed by atoms with van der Waals surface area (Å²) in [6.07, 6.45) is 0.223. The summed E-state index contributed by atoms with van der Waals surface area (Å²) < 4.78 is 0. The monoisotopic (exact) mass is 887 g/mol. The number of rotatable bonds is 27. The number of fused-ring (bicyclic) bond motifs is 1. The van der Waals surface area contributed by atoms with Gasteiger partial charge in [-0.1, -0.05) is 77.0 Å². The van der Waals surface area contributed by atoms with Gasteiger partial charge in [0, 0.05) is 42.5 Å². The number of para-hydroxylation sites is 1. The molecule has 0 aliphatic carbocycles. The van der Waals surface area contributed by atoms with Gasteiger partial charge in [0.1, 0.15) is 24.2 Å². The second-order valence-electron chi connectivity index (χ2n) is 15.6. The number of unbranched alkanes of at least 4 members (excludes halogenated alkanes) is 1. The Balaban J connectivity index is 1.79. The molecule has 2 aromatic rings. The predicted octanol–water partition coefficient (Wildman–Crippen LogP) is 1.52. The number of hydrogen-bond donors (Lipinski definition) is 10. The number of anilines is 1. The van der Waals surface area contributed by atoms with Gasteiger partial charge in [-0.3, -0.25) is 28.8 Å². The van der Waals surface area contributed by atoms with Crippen LogP contribution in [0.3, 0.4) is 0 Å². The fraction of sp³-hybridized carbons (Fsp3) is 0.581. The van der Waals surface area contributed by atoms with E-state index in [4.69, 9.17) is 5.73 Å². The van der Waals surface area contributed by atoms with Crippen LogP contribution >= 0.6 is 21.6 Å². The second-order valence-corrected chi connectivity index (χ2v) is 18.2. The van der Waals surface area contributed by atoms with Gasteiger partial charge in [-0.2, -0.15) is 0 Å². The number of carbonyl (C=O) groups is 6. The Morgan fingerprint density at radius 2 is 1.44 bits per heavy atom. The van der Waals surface area contributed by atoms with Crippen molar-refractivity contribution < 1.29 is 44.1 Å². The van der Waals surface area contributed by atoms with E-state index in [1.807, 2.05) is 54.6 Å². The Hall–Kier alpha value is -4.20. The summed E-state index contributed by atoms with van der Waals surface area (Å²) in [5.41, 5.74) is 8.41. The topological polar surface area (TPSA) is 261 Å². The van der Waals surface area contributed by atoms with Gasteiger partial charge >= 0.3 is 0 Å². The molecule has 0 fully saturated rings. The minimum absolute atomic E-state index is 0.0640. The number of hydrogen-bond acceptors (Lipinski definition) is 13. The molecule has 9 atom stereocenters. The summed E-state index contributed by atoms with van der Waals surface area (Å²) in [6.45, 7) is 6.48. The lowest BCUT2D eigenvalue weighted by Gasteiger charge is -2.31. The number of amides is 5. The number of aliphatic hydroxyl groups excluding tert-OH is 3. The first-order valence-corrected chi connectivity index (χ1v) is 23.4. The first-order valence-electron chi connectivity index (χ1n) is 20.9. The smallest absolute Gasteiger partial charge is 0.243 e. The van der Waals surface area contributed by atoms with Crippen molar-refractivity contribution in [2.45, 2.75) is 121 Å². The fourth-order valence-electron chi connectivity index (χ4n) is 6.82. The van der Waals surface area contributed by atoms with Crippen molar-refractivity contribution in [1.29, 1.82) is 0 Å². The van der Waals surface area contributed by atoms with Crippen LogP contribution in [0.5, 0.6) is 0 Å². The number of nitrogens with two attached hydrogens (primary N) is 1. The highest BCUT2D eigenvalue weighted by molar-refractivity contribution is 8.76. The van der Waals surface area contributed by atoms with Crippen molar-refractivity contribution in [1.82, 2.24) is 26.6 Å². The molecule has 0 saturated carbocycles. The van der Waals surface area contributed by atoms with E-state index in [-0.39, 0.29) is 50.0 Å². The third-order valence-electron chi connectivity index (χ3n) is 10.5. The molecular formula is C43H65N7O9S2. The van der Waals surface area contributed by atoms with Gasteiger partial charge < -0.3 is 53.0 Å². The van der Waals surface area contributed by atoms with Crippen LogP contribution in [0, 0.1) is 5.92 Å². The molecule has 0 spiro atoms. The molecule has 0 bridgehead atoms. The Bertz CT molecular complexity index is 1720. The molecule has 2 aromatic carbocycles. The average Bonchev–Trinajstić information content (AvgIpc) is 3.23. The normalized spacial score (nSPS) is 17.3. The van der Waals surface area contributed by atoms with Crippen LogP contribution in [0.4, 0.5) is 5.69 Å². The molecule has 0 saturated heterocycles. The van der Waals surface area contributed by atoms with Crippen LogP contribution in [-0.2, 0) is 35.2 Å². The standard InChI is InChI=1S/C43H65N7O9S2/c1-26(40(56)49-37(24-51)27(2)52)25-61-60-21-18-38(55)46-35(22-30-12-6-5-7-13-30)42(58)48-36(23-31-17-20-45-33-15-9-8-14-32(31)33)43(59)47-34(16-10-11-19-44)41(57)50-39(28(3)53)29(4)54/h5-9,12-15,26-28,31,34-37,39,45,51-53H,10-11,16-25,44H2,1-4H3,(H,46,55)(H,47,59)(H,48,58)(H,49,56)(H,50,57)/t26-,27?,28?,31?,34?,35?,36+,37?,39?/m0/s1. The fourth-order valence-corrected chi connectivity index (χ4v) is 9.16. The molecule has 0 radical (unpaired) electrons. The lowest BCUT2D eigenvalue weighted by Crippen LogP contribution is -2.59. The molecular weight excluding hydrogens is 823 g/mol. The maximum absolute atomic E-state index is 14.4. The van der Waals surface area contributed by atoms with Gasteiger partial charge in [-0.15, -0.1) is 0 Å². The molecule has 18 heteroatoms. The van der Waals surface area contributed by atoms with Crippen LogP contribution in [0.2, 0.25) is 0 Å². The largest absolute Gasteiger partial charge is 0.394 e. The highest BCUT2D eigenvalue weighted by atomic mass is 33.1. The molecule has 1 heterocycles. The molecule has 3 rings (SSSR count). The van der Waals surface area contributed by atoms with Crippen LogP contribution in [0.15, 0.2) is 54.6 Å². The van der Waals surface area contributed by atoms with E-state index in [0.717, 1.165) is 16.8 Å². The van der Waals surface area contributed by atoms with Crippen LogP contribution in [-0.4, -0.2) is 124 Å². The zero-order valence-corrected chi connectivity index (χ0v) is 37.2. The lowest BCUT2D eigenvalue weighted by molar-refractivity contribution is -0.135. The van der Waals surface area contributed by atoms with Crippen LogP contribution in [0.1, 0.15) is 83.3 Å². The van der Waals surface area contributed by atoms with Gasteiger partial charge in [0.25, 0.3) is 0 Å². The predicted molar refractivity (Wildman–Crippen MR) is 239 cm³/mol. The Morgan fingerprint density at radius 3 is 2.10 bits per heavy atom. The van der Waals surface area contributed by atoms with Gasteiger partial charge in [-0.05, 0) is 82.5 Å². The first-order chi connectivity index (χ1) is 29.1. The minimum atomic E-state index is -1.18. The van der Waals surface area contributed by atoms with Crippen molar-refractivity contribution in [3.8, 4) is 0 Å². The molecule has 0 aromatic heterocycles. The summed E-state index contributed by atoms with van der Waals surface area (Å²) in [5, 5.41) is 46.5. The quantitative estimate of drug-likeness (QED) is 0.0452. The summed E-state index contributed by atoms with van der Waals surface area (Å²) >= 11 is 0. The minimum Gasteiger partial charge on any atom is -0.394 e. The number of Topliss-reactive ketones (excluding diaryl/α,β-unsaturated/α-hetero) is 1. The van der Waals surface area contributed by atoms with E-state index < -0.39 is 71.8 Å². The highest BCUT2D eigenvalue weighted by Gasteiger charge is 2.34. The van der Waals surface area contributed by atoms with Crippen molar-refractivity contribution in [3.63, 3.8) is 0 Å². The van der Waals surface area contributed by atoms with Crippen molar-refractivity contribution in [3.05, 3.63) is 65.7 Å². The summed E-state index contributed by atoms with van der Waals surface area (Å²) in [6, 6.07) is 11.7. The van der Waals surface area contributed by atoms with Crippen molar-refractivity contribution >= 4 is 62.6 Å². The Kier molecular flexibility index (Phi) is 22.6. The van der Waals surface area contributed by atoms with E-state index >= 15 is 0 Å². The van der Waals surface area contributed by atoms with E-state index in [1.165, 1.54) is 42.4 Å².